The minimum atomic E-state index is -4.65. The maximum atomic E-state index is 13.0. The van der Waals surface area contributed by atoms with Gasteiger partial charge in [-0.05, 0) is 18.6 Å². The number of alkyl halides is 7. The second-order valence-corrected chi connectivity index (χ2v) is 6.08. The van der Waals surface area contributed by atoms with Crippen LogP contribution in [-0.4, -0.2) is 57.1 Å². The summed E-state index contributed by atoms with van der Waals surface area (Å²) in [6, 6.07) is 3.09. The molecule has 13 heteroatoms. The van der Waals surface area contributed by atoms with E-state index in [1.54, 1.807) is 0 Å². The summed E-state index contributed by atoms with van der Waals surface area (Å²) >= 11 is 5.01. The van der Waals surface area contributed by atoms with Crippen LogP contribution in [0.4, 0.5) is 36.4 Å². The van der Waals surface area contributed by atoms with E-state index in [0.29, 0.717) is 19.6 Å². The molecule has 29 heavy (non-hydrogen) atoms. The maximum absolute atomic E-state index is 13.0. The number of halogens is 7. The molecule has 0 aliphatic heterocycles. The van der Waals surface area contributed by atoms with E-state index in [2.05, 4.69) is 20.1 Å². The Bertz CT molecular complexity index is 660. The third-order valence-corrected chi connectivity index (χ3v) is 3.35. The first-order valence-corrected chi connectivity index (χ1v) is 8.51. The standard InChI is InChI=1S/C16H19F7N2O3S/c1-26-4-2-3-24-14(29)25-10-5-11(27-8-15(19,20)13(17)18)7-12(6-10)28-9-16(21,22)23/h5-7,13H,2-4,8-9H2,1H3,(H2,24,25,29). The molecule has 0 aliphatic rings. The number of ether oxygens (including phenoxy) is 3. The monoisotopic (exact) mass is 452 g/mol. The highest BCUT2D eigenvalue weighted by Crippen LogP contribution is 2.30. The summed E-state index contributed by atoms with van der Waals surface area (Å²) in [5.41, 5.74) is 0.0456. The summed E-state index contributed by atoms with van der Waals surface area (Å²) in [5, 5.41) is 5.49. The first-order chi connectivity index (χ1) is 13.4. The van der Waals surface area contributed by atoms with Crippen LogP contribution in [0.5, 0.6) is 11.5 Å². The van der Waals surface area contributed by atoms with E-state index < -0.39 is 37.5 Å². The minimum Gasteiger partial charge on any atom is -0.487 e. The summed E-state index contributed by atoms with van der Waals surface area (Å²) in [4.78, 5) is 0. The van der Waals surface area contributed by atoms with Crippen molar-refractivity contribution in [2.45, 2.75) is 24.9 Å². The number of benzene rings is 1. The third kappa shape index (κ3) is 10.4. The Hall–Kier alpha value is -2.02. The molecule has 0 fully saturated rings. The predicted octanol–water partition coefficient (Wildman–Crippen LogP) is 4.23. The van der Waals surface area contributed by atoms with Crippen molar-refractivity contribution in [3.05, 3.63) is 18.2 Å². The van der Waals surface area contributed by atoms with Gasteiger partial charge >= 0.3 is 18.5 Å². The molecule has 1 rings (SSSR count). The van der Waals surface area contributed by atoms with Gasteiger partial charge in [0.25, 0.3) is 0 Å². The topological polar surface area (TPSA) is 51.8 Å². The number of anilines is 1. The molecule has 0 amide bonds. The molecule has 166 valence electrons. The van der Waals surface area contributed by atoms with E-state index in [0.717, 1.165) is 18.2 Å². The van der Waals surface area contributed by atoms with Crippen molar-refractivity contribution >= 4 is 23.0 Å². The van der Waals surface area contributed by atoms with E-state index in [-0.39, 0.29) is 16.5 Å². The second kappa shape index (κ2) is 11.2. The number of rotatable bonds is 11. The van der Waals surface area contributed by atoms with Gasteiger partial charge in [-0.2, -0.15) is 22.0 Å². The van der Waals surface area contributed by atoms with Crippen LogP contribution in [0, 0.1) is 0 Å². The van der Waals surface area contributed by atoms with Gasteiger partial charge < -0.3 is 24.8 Å². The molecule has 2 N–H and O–H groups in total. The number of nitrogens with one attached hydrogen (secondary N) is 2. The number of methoxy groups -OCH3 is 1. The average molecular weight is 452 g/mol. The Kier molecular flexibility index (Phi) is 9.70. The zero-order valence-electron chi connectivity index (χ0n) is 15.1. The van der Waals surface area contributed by atoms with Crippen molar-refractivity contribution in [2.75, 3.05) is 38.8 Å². The third-order valence-electron chi connectivity index (χ3n) is 3.10. The molecule has 0 aromatic heterocycles. The van der Waals surface area contributed by atoms with Crippen LogP contribution in [0.2, 0.25) is 0 Å². The quantitative estimate of drug-likeness (QED) is 0.298. The lowest BCUT2D eigenvalue weighted by atomic mass is 10.2. The van der Waals surface area contributed by atoms with Gasteiger partial charge in [-0.3, -0.25) is 0 Å². The maximum Gasteiger partial charge on any atom is 0.422 e. The molecular weight excluding hydrogens is 433 g/mol. The Morgan fingerprint density at radius 1 is 1.03 bits per heavy atom. The van der Waals surface area contributed by atoms with Gasteiger partial charge in [-0.1, -0.05) is 0 Å². The van der Waals surface area contributed by atoms with Gasteiger partial charge in [-0.25, -0.2) is 8.78 Å². The van der Waals surface area contributed by atoms with Gasteiger partial charge in [0.2, 0.25) is 0 Å². The first-order valence-electron chi connectivity index (χ1n) is 8.10. The van der Waals surface area contributed by atoms with Gasteiger partial charge in [0.05, 0.1) is 0 Å². The van der Waals surface area contributed by atoms with Gasteiger partial charge in [0.15, 0.2) is 18.3 Å². The van der Waals surface area contributed by atoms with Crippen molar-refractivity contribution in [2.24, 2.45) is 0 Å². The van der Waals surface area contributed by atoms with E-state index in [4.69, 9.17) is 17.0 Å². The van der Waals surface area contributed by atoms with Crippen LogP contribution in [0.3, 0.4) is 0 Å². The molecule has 0 atom stereocenters. The summed E-state index contributed by atoms with van der Waals surface area (Å²) in [6.45, 7) is -2.43. The van der Waals surface area contributed by atoms with Crippen molar-refractivity contribution < 1.29 is 44.9 Å². The fourth-order valence-corrected chi connectivity index (χ4v) is 2.03. The van der Waals surface area contributed by atoms with Gasteiger partial charge in [-0.15, -0.1) is 0 Å². The van der Waals surface area contributed by atoms with Crippen molar-refractivity contribution in [1.82, 2.24) is 5.32 Å². The van der Waals surface area contributed by atoms with Gasteiger partial charge in [0, 0.05) is 44.1 Å². The highest BCUT2D eigenvalue weighted by Gasteiger charge is 2.41. The van der Waals surface area contributed by atoms with E-state index in [1.165, 1.54) is 7.11 Å². The Morgan fingerprint density at radius 3 is 2.14 bits per heavy atom. The minimum absolute atomic E-state index is 0.0456. The molecule has 0 spiro atoms. The van der Waals surface area contributed by atoms with Gasteiger partial charge in [0.1, 0.15) is 11.5 Å². The highest BCUT2D eigenvalue weighted by molar-refractivity contribution is 7.80. The molecule has 1 aromatic carbocycles. The largest absolute Gasteiger partial charge is 0.487 e. The molecule has 0 heterocycles. The van der Waals surface area contributed by atoms with E-state index in [9.17, 15) is 30.7 Å². The summed E-state index contributed by atoms with van der Waals surface area (Å²) in [5.74, 6) is -5.23. The second-order valence-electron chi connectivity index (χ2n) is 5.67. The van der Waals surface area contributed by atoms with Crippen LogP contribution < -0.4 is 20.1 Å². The lowest BCUT2D eigenvalue weighted by Crippen LogP contribution is -2.33. The number of thiocarbonyl (C=S) groups is 1. The summed E-state index contributed by atoms with van der Waals surface area (Å²) in [7, 11) is 1.52. The fourth-order valence-electron chi connectivity index (χ4n) is 1.81. The Balaban J connectivity index is 2.88. The van der Waals surface area contributed by atoms with Crippen LogP contribution in [0.25, 0.3) is 0 Å². The predicted molar refractivity (Wildman–Crippen MR) is 95.2 cm³/mol. The summed E-state index contributed by atoms with van der Waals surface area (Å²) < 4.78 is 102. The number of hydrogen-bond acceptors (Lipinski definition) is 4. The average Bonchev–Trinajstić information content (AvgIpc) is 2.61. The van der Waals surface area contributed by atoms with Crippen LogP contribution in [0.1, 0.15) is 6.42 Å². The molecule has 0 saturated carbocycles. The molecule has 0 saturated heterocycles. The zero-order chi connectivity index (χ0) is 22.1. The first kappa shape index (κ1) is 25.0. The molecule has 0 aliphatic carbocycles. The van der Waals surface area contributed by atoms with Crippen LogP contribution in [-0.2, 0) is 4.74 Å². The molecule has 0 radical (unpaired) electrons. The van der Waals surface area contributed by atoms with E-state index in [1.807, 2.05) is 0 Å². The molecule has 0 bridgehead atoms. The fraction of sp³-hybridized carbons (Fsp3) is 0.562. The molecular formula is C16H19F7N2O3S. The zero-order valence-corrected chi connectivity index (χ0v) is 15.9. The molecule has 0 unspecified atom stereocenters. The Morgan fingerprint density at radius 2 is 1.62 bits per heavy atom. The van der Waals surface area contributed by atoms with Crippen molar-refractivity contribution in [3.63, 3.8) is 0 Å². The van der Waals surface area contributed by atoms with Crippen LogP contribution in [0.15, 0.2) is 18.2 Å². The van der Waals surface area contributed by atoms with Crippen LogP contribution >= 0.6 is 12.2 Å². The Labute approximate surface area is 167 Å². The smallest absolute Gasteiger partial charge is 0.422 e. The normalized spacial score (nSPS) is 12.0. The molecule has 5 nitrogen and oxygen atoms in total. The van der Waals surface area contributed by atoms with Crippen molar-refractivity contribution in [1.29, 1.82) is 0 Å². The number of hydrogen-bond donors (Lipinski definition) is 2. The van der Waals surface area contributed by atoms with E-state index >= 15 is 0 Å². The lowest BCUT2D eigenvalue weighted by molar-refractivity contribution is -0.153. The molecule has 1 aromatic rings. The lowest BCUT2D eigenvalue weighted by Gasteiger charge is -2.18. The summed E-state index contributed by atoms with van der Waals surface area (Å²) in [6.07, 6.45) is -8.00. The van der Waals surface area contributed by atoms with Crippen molar-refractivity contribution in [3.8, 4) is 11.5 Å². The highest BCUT2D eigenvalue weighted by atomic mass is 32.1. The SMILES string of the molecule is COCCCNC(=S)Nc1cc(OCC(F)(F)F)cc(OCC(F)(F)C(F)F)c1.